The molecule has 3 rings (SSSR count). The number of nitro benzene ring substituents is 1. The molecule has 0 radical (unpaired) electrons. The van der Waals surface area contributed by atoms with Crippen molar-refractivity contribution in [3.05, 3.63) is 45.0 Å². The minimum atomic E-state index is -0.408. The maximum absolute atomic E-state index is 11.1. The van der Waals surface area contributed by atoms with Crippen molar-refractivity contribution in [3.63, 3.8) is 0 Å². The number of nitrogens with zero attached hydrogens (tertiary/aromatic N) is 2. The van der Waals surface area contributed by atoms with E-state index in [0.29, 0.717) is 21.1 Å². The number of aryl methyl sites for hydroxylation is 1. The lowest BCUT2D eigenvalue weighted by molar-refractivity contribution is -0.383. The Bertz CT molecular complexity index is 835. The lowest BCUT2D eigenvalue weighted by Crippen LogP contribution is -1.90. The highest BCUT2D eigenvalue weighted by atomic mass is 32.1. The van der Waals surface area contributed by atoms with Crippen LogP contribution in [0.5, 0.6) is 0 Å². The molecule has 0 aliphatic carbocycles. The Kier molecular flexibility index (Phi) is 2.83. The number of thiazole rings is 1. The molecule has 0 atom stereocenters. The van der Waals surface area contributed by atoms with Crippen LogP contribution < -0.4 is 0 Å². The van der Waals surface area contributed by atoms with Gasteiger partial charge in [0.25, 0.3) is 5.69 Å². The average Bonchev–Trinajstić information content (AvgIpc) is 3.02. The third-order valence-electron chi connectivity index (χ3n) is 2.92. The van der Waals surface area contributed by atoms with Crippen LogP contribution in [0.25, 0.3) is 21.6 Å². The van der Waals surface area contributed by atoms with E-state index in [0.717, 1.165) is 17.2 Å². The summed E-state index contributed by atoms with van der Waals surface area (Å²) in [6.45, 7) is 1.81. The van der Waals surface area contributed by atoms with Gasteiger partial charge in [-0.25, -0.2) is 4.98 Å². The number of carbonyl (C=O) groups is 1. The molecule has 1 N–H and O–H groups in total. The Balaban J connectivity index is 2.22. The quantitative estimate of drug-likeness (QED) is 0.454. The largest absolute Gasteiger partial charge is 0.347 e. The number of carbonyl (C=O) groups excluding carboxylic acids is 1. The summed E-state index contributed by atoms with van der Waals surface area (Å²) in [4.78, 5) is 29.0. The first kappa shape index (κ1) is 12.5. The smallest absolute Gasteiger partial charge is 0.293 e. The third-order valence-corrected chi connectivity index (χ3v) is 3.87. The molecule has 20 heavy (non-hydrogen) atoms. The van der Waals surface area contributed by atoms with E-state index < -0.39 is 4.92 Å². The van der Waals surface area contributed by atoms with Gasteiger partial charge in [-0.3, -0.25) is 14.9 Å². The monoisotopic (exact) mass is 287 g/mol. The lowest BCUT2D eigenvalue weighted by atomic mass is 10.1. The van der Waals surface area contributed by atoms with Crippen molar-refractivity contribution in [1.29, 1.82) is 0 Å². The van der Waals surface area contributed by atoms with Crippen LogP contribution in [0.2, 0.25) is 0 Å². The summed E-state index contributed by atoms with van der Waals surface area (Å²) in [5, 5.41) is 12.5. The van der Waals surface area contributed by atoms with Gasteiger partial charge in [-0.05, 0) is 24.6 Å². The van der Waals surface area contributed by atoms with Crippen LogP contribution in [-0.4, -0.2) is 21.2 Å². The number of aromatic nitrogens is 2. The molecular formula is C13H9N3O3S. The minimum absolute atomic E-state index is 0.0402. The first-order valence-electron chi connectivity index (χ1n) is 5.77. The molecule has 2 heterocycles. The van der Waals surface area contributed by atoms with Gasteiger partial charge >= 0.3 is 0 Å². The van der Waals surface area contributed by atoms with E-state index in [1.807, 2.05) is 19.1 Å². The van der Waals surface area contributed by atoms with Crippen LogP contribution in [0.4, 0.5) is 5.69 Å². The van der Waals surface area contributed by atoms with E-state index in [1.165, 1.54) is 23.6 Å². The zero-order valence-corrected chi connectivity index (χ0v) is 11.2. The molecule has 0 bridgehead atoms. The van der Waals surface area contributed by atoms with Gasteiger partial charge in [-0.1, -0.05) is 0 Å². The normalized spacial score (nSPS) is 10.8. The predicted octanol–water partition coefficient (Wildman–Crippen LogP) is 3.32. The fourth-order valence-corrected chi connectivity index (χ4v) is 2.80. The highest BCUT2D eigenvalue weighted by molar-refractivity contribution is 7.16. The Morgan fingerprint density at radius 1 is 1.40 bits per heavy atom. The highest BCUT2D eigenvalue weighted by Gasteiger charge is 2.17. The van der Waals surface area contributed by atoms with Crippen molar-refractivity contribution in [2.75, 3.05) is 0 Å². The molecule has 6 nitrogen and oxygen atoms in total. The zero-order valence-electron chi connectivity index (χ0n) is 10.4. The first-order valence-corrected chi connectivity index (χ1v) is 6.59. The minimum Gasteiger partial charge on any atom is -0.347 e. The van der Waals surface area contributed by atoms with Crippen LogP contribution in [0.1, 0.15) is 15.2 Å². The molecule has 0 aliphatic heterocycles. The number of hydrogen-bond donors (Lipinski definition) is 1. The molecule has 0 saturated carbocycles. The highest BCUT2D eigenvalue weighted by Crippen LogP contribution is 2.32. The average molecular weight is 287 g/mol. The molecular weight excluding hydrogens is 278 g/mol. The second-order valence-corrected chi connectivity index (χ2v) is 5.44. The van der Waals surface area contributed by atoms with Gasteiger partial charge in [-0.2, -0.15) is 0 Å². The number of hydrogen-bond acceptors (Lipinski definition) is 5. The summed E-state index contributed by atoms with van der Waals surface area (Å²) in [5.74, 6) is 0. The predicted molar refractivity (Wildman–Crippen MR) is 76.2 cm³/mol. The van der Waals surface area contributed by atoms with Gasteiger partial charge < -0.3 is 4.98 Å². The molecule has 0 unspecified atom stereocenters. The standard InChI is InChI=1S/C13H9N3O3S/c1-7-2-8-4-10(13-14-5-9(6-17)20-13)15-12(8)11(3-7)16(18)19/h2-6,15H,1H3. The molecule has 2 aromatic heterocycles. The Labute approximate surface area is 117 Å². The number of non-ortho nitro benzene ring substituents is 1. The van der Waals surface area contributed by atoms with Crippen LogP contribution in [-0.2, 0) is 0 Å². The summed E-state index contributed by atoms with van der Waals surface area (Å²) in [6.07, 6.45) is 2.22. The van der Waals surface area contributed by atoms with Crippen LogP contribution in [0, 0.1) is 17.0 Å². The molecule has 3 aromatic rings. The number of H-pyrrole nitrogens is 1. The summed E-state index contributed by atoms with van der Waals surface area (Å²) < 4.78 is 0. The fourth-order valence-electron chi connectivity index (χ4n) is 2.10. The van der Waals surface area contributed by atoms with Gasteiger partial charge in [0.15, 0.2) is 6.29 Å². The molecule has 0 amide bonds. The van der Waals surface area contributed by atoms with Crippen LogP contribution in [0.15, 0.2) is 24.4 Å². The van der Waals surface area contributed by atoms with Crippen molar-refractivity contribution in [2.24, 2.45) is 0 Å². The van der Waals surface area contributed by atoms with Gasteiger partial charge in [0.05, 0.1) is 15.5 Å². The van der Waals surface area contributed by atoms with Crippen molar-refractivity contribution in [2.45, 2.75) is 6.92 Å². The summed E-state index contributed by atoms with van der Waals surface area (Å²) in [5.41, 5.74) is 2.01. The Morgan fingerprint density at radius 2 is 2.20 bits per heavy atom. The van der Waals surface area contributed by atoms with Crippen molar-refractivity contribution in [3.8, 4) is 10.7 Å². The van der Waals surface area contributed by atoms with Gasteiger partial charge in [0.2, 0.25) is 0 Å². The van der Waals surface area contributed by atoms with E-state index in [2.05, 4.69) is 9.97 Å². The topological polar surface area (TPSA) is 88.9 Å². The molecule has 100 valence electrons. The molecule has 1 aromatic carbocycles. The van der Waals surface area contributed by atoms with Gasteiger partial charge in [0, 0.05) is 17.6 Å². The number of nitro groups is 1. The molecule has 0 spiro atoms. The maximum atomic E-state index is 11.1. The summed E-state index contributed by atoms with van der Waals surface area (Å²) in [7, 11) is 0. The van der Waals surface area contributed by atoms with Crippen molar-refractivity contribution >= 4 is 34.2 Å². The summed E-state index contributed by atoms with van der Waals surface area (Å²) >= 11 is 1.24. The molecule has 7 heteroatoms. The maximum Gasteiger partial charge on any atom is 0.293 e. The van der Waals surface area contributed by atoms with E-state index in [1.54, 1.807) is 0 Å². The Morgan fingerprint density at radius 3 is 2.85 bits per heavy atom. The zero-order chi connectivity index (χ0) is 14.3. The number of fused-ring (bicyclic) bond motifs is 1. The van der Waals surface area contributed by atoms with Crippen LogP contribution >= 0.6 is 11.3 Å². The number of benzene rings is 1. The fraction of sp³-hybridized carbons (Fsp3) is 0.0769. The van der Waals surface area contributed by atoms with Crippen molar-refractivity contribution in [1.82, 2.24) is 9.97 Å². The number of aldehydes is 1. The second-order valence-electron chi connectivity index (χ2n) is 4.37. The van der Waals surface area contributed by atoms with Crippen LogP contribution in [0.3, 0.4) is 0 Å². The van der Waals surface area contributed by atoms with E-state index in [4.69, 9.17) is 0 Å². The van der Waals surface area contributed by atoms with E-state index >= 15 is 0 Å². The molecule has 0 saturated heterocycles. The van der Waals surface area contributed by atoms with Crippen molar-refractivity contribution < 1.29 is 9.72 Å². The molecule has 0 fully saturated rings. The van der Waals surface area contributed by atoms with E-state index in [9.17, 15) is 14.9 Å². The summed E-state index contributed by atoms with van der Waals surface area (Å²) in [6, 6.07) is 5.21. The lowest BCUT2D eigenvalue weighted by Gasteiger charge is -1.96. The van der Waals surface area contributed by atoms with E-state index in [-0.39, 0.29) is 5.69 Å². The molecule has 0 aliphatic rings. The third kappa shape index (κ3) is 1.97. The van der Waals surface area contributed by atoms with Gasteiger partial charge in [0.1, 0.15) is 10.5 Å². The number of rotatable bonds is 3. The Hall–Kier alpha value is -2.54. The van der Waals surface area contributed by atoms with Gasteiger partial charge in [-0.15, -0.1) is 11.3 Å². The number of nitrogens with one attached hydrogen (secondary N) is 1. The second kappa shape index (κ2) is 4.53. The SMILES string of the molecule is Cc1cc([N+](=O)[O-])c2[nH]c(-c3ncc(C=O)s3)cc2c1. The number of aromatic amines is 1. The first-order chi connectivity index (χ1) is 9.58.